The molecule has 1 atom stereocenters. The molecule has 1 aliphatic heterocycles. The van der Waals surface area contributed by atoms with Gasteiger partial charge in [0, 0.05) is 24.4 Å². The molecule has 2 nitrogen and oxygen atoms in total. The van der Waals surface area contributed by atoms with Crippen LogP contribution >= 0.6 is 11.8 Å². The first-order valence-corrected chi connectivity index (χ1v) is 5.53. The Morgan fingerprint density at radius 1 is 1.67 bits per heavy atom. The number of rotatable bonds is 3. The number of amides is 1. The van der Waals surface area contributed by atoms with E-state index in [1.54, 1.807) is 11.8 Å². The van der Waals surface area contributed by atoms with Crippen molar-refractivity contribution in [2.24, 2.45) is 0 Å². The summed E-state index contributed by atoms with van der Waals surface area (Å²) in [6, 6.07) is 0. The van der Waals surface area contributed by atoms with E-state index in [0.717, 1.165) is 19.4 Å². The van der Waals surface area contributed by atoms with Gasteiger partial charge >= 0.3 is 0 Å². The molecule has 1 fully saturated rings. The highest BCUT2D eigenvalue weighted by Crippen LogP contribution is 2.12. The molecule has 1 rings (SSSR count). The van der Waals surface area contributed by atoms with E-state index in [2.05, 4.69) is 19.3 Å². The number of carbonyl (C=O) groups excluding carboxylic acids is 1. The third-order valence-corrected chi connectivity index (χ3v) is 2.92. The average Bonchev–Trinajstić information content (AvgIpc) is 2.47. The Labute approximate surface area is 78.0 Å². The summed E-state index contributed by atoms with van der Waals surface area (Å²) in [5, 5.41) is 0.499. The van der Waals surface area contributed by atoms with Gasteiger partial charge in [0.05, 0.1) is 0 Å². The normalized spacial score (nSPS) is 20.8. The van der Waals surface area contributed by atoms with Gasteiger partial charge in [-0.15, -0.1) is 0 Å². The fourth-order valence-electron chi connectivity index (χ4n) is 1.13. The topological polar surface area (TPSA) is 20.3 Å². The van der Waals surface area contributed by atoms with Crippen molar-refractivity contribution in [3.63, 3.8) is 0 Å². The van der Waals surface area contributed by atoms with Gasteiger partial charge < -0.3 is 4.90 Å². The predicted octanol–water partition coefficient (Wildman–Crippen LogP) is 1.87. The maximum absolute atomic E-state index is 11.1. The minimum Gasteiger partial charge on any atom is -0.319 e. The van der Waals surface area contributed by atoms with Crippen molar-refractivity contribution in [1.82, 2.24) is 4.90 Å². The molecule has 1 heterocycles. The molecule has 0 radical (unpaired) electrons. The van der Waals surface area contributed by atoms with Crippen LogP contribution in [0.1, 0.15) is 19.8 Å². The number of hydrogen-bond donors (Lipinski definition) is 0. The van der Waals surface area contributed by atoms with E-state index in [4.69, 9.17) is 0 Å². The van der Waals surface area contributed by atoms with E-state index in [0.29, 0.717) is 5.25 Å². The van der Waals surface area contributed by atoms with Crippen molar-refractivity contribution in [3.8, 4) is 0 Å². The van der Waals surface area contributed by atoms with Crippen LogP contribution in [0.25, 0.3) is 0 Å². The van der Waals surface area contributed by atoms with Crippen LogP contribution in [0.2, 0.25) is 0 Å². The Bertz CT molecular complexity index is 191. The molecule has 0 aromatic rings. The lowest BCUT2D eigenvalue weighted by Gasteiger charge is -2.09. The molecular formula is C9H15NOS. The monoisotopic (exact) mass is 185 g/mol. The van der Waals surface area contributed by atoms with Gasteiger partial charge in [-0.3, -0.25) is 4.79 Å². The van der Waals surface area contributed by atoms with Crippen molar-refractivity contribution in [2.45, 2.75) is 25.0 Å². The molecule has 1 saturated heterocycles. The van der Waals surface area contributed by atoms with Gasteiger partial charge in [-0.2, -0.15) is 11.8 Å². The molecule has 1 aliphatic rings. The molecule has 0 bridgehead atoms. The summed E-state index contributed by atoms with van der Waals surface area (Å²) in [4.78, 5) is 13.0. The Hall–Kier alpha value is -0.440. The number of hydrogen-bond acceptors (Lipinski definition) is 2. The number of nitrogens with zero attached hydrogens (tertiary/aromatic N) is 1. The molecule has 0 N–H and O–H groups in total. The third kappa shape index (κ3) is 2.55. The molecule has 3 heteroatoms. The van der Waals surface area contributed by atoms with Gasteiger partial charge in [-0.25, -0.2) is 0 Å². The van der Waals surface area contributed by atoms with E-state index in [9.17, 15) is 4.79 Å². The maximum Gasteiger partial charge on any atom is 0.226 e. The van der Waals surface area contributed by atoms with Gasteiger partial charge in [0.2, 0.25) is 5.91 Å². The lowest BCUT2D eigenvalue weighted by atomic mass is 10.4. The van der Waals surface area contributed by atoms with Crippen molar-refractivity contribution >= 4 is 17.7 Å². The molecule has 1 amide bonds. The molecule has 1 unspecified atom stereocenters. The molecule has 0 aromatic heterocycles. The van der Waals surface area contributed by atoms with E-state index in [1.165, 1.54) is 0 Å². The Balaban J connectivity index is 2.39. The van der Waals surface area contributed by atoms with Crippen LogP contribution in [0.5, 0.6) is 0 Å². The first-order chi connectivity index (χ1) is 5.74. The minimum atomic E-state index is 0.263. The smallest absolute Gasteiger partial charge is 0.226 e. The van der Waals surface area contributed by atoms with E-state index in [1.807, 2.05) is 11.1 Å². The van der Waals surface area contributed by atoms with E-state index in [-0.39, 0.29) is 5.91 Å². The highest BCUT2D eigenvalue weighted by Gasteiger charge is 2.17. The second-order valence-corrected chi connectivity index (χ2v) is 4.19. The fraction of sp³-hybridized carbons (Fsp3) is 0.667. The molecular weight excluding hydrogens is 170 g/mol. The standard InChI is InChI=1S/C9H15NOS/c1-8(12-2)5-7-10-6-3-4-9(10)11/h5,7-8H,3-4,6H2,1-2H3. The zero-order valence-electron chi connectivity index (χ0n) is 7.62. The van der Waals surface area contributed by atoms with E-state index >= 15 is 0 Å². The highest BCUT2D eigenvalue weighted by atomic mass is 32.2. The Morgan fingerprint density at radius 3 is 2.92 bits per heavy atom. The molecule has 0 aromatic carbocycles. The van der Waals surface area contributed by atoms with Gasteiger partial charge in [0.1, 0.15) is 0 Å². The van der Waals surface area contributed by atoms with Crippen LogP contribution in [0, 0.1) is 0 Å². The molecule has 68 valence electrons. The SMILES string of the molecule is CSC(C)C=CN1CCCC1=O. The van der Waals surface area contributed by atoms with Crippen molar-refractivity contribution in [3.05, 3.63) is 12.3 Å². The summed E-state index contributed by atoms with van der Waals surface area (Å²) >= 11 is 1.78. The summed E-state index contributed by atoms with van der Waals surface area (Å²) in [7, 11) is 0. The molecule has 12 heavy (non-hydrogen) atoms. The fourth-order valence-corrected chi connectivity index (χ4v) is 1.36. The summed E-state index contributed by atoms with van der Waals surface area (Å²) in [5.74, 6) is 0.263. The van der Waals surface area contributed by atoms with Crippen LogP contribution < -0.4 is 0 Å². The Kier molecular flexibility index (Phi) is 3.66. The van der Waals surface area contributed by atoms with Crippen LogP contribution in [-0.2, 0) is 4.79 Å². The largest absolute Gasteiger partial charge is 0.319 e. The highest BCUT2D eigenvalue weighted by molar-refractivity contribution is 7.99. The first kappa shape index (κ1) is 9.65. The Morgan fingerprint density at radius 2 is 2.42 bits per heavy atom. The summed E-state index contributed by atoms with van der Waals surface area (Å²) < 4.78 is 0. The predicted molar refractivity (Wildman–Crippen MR) is 53.1 cm³/mol. The van der Waals surface area contributed by atoms with Crippen LogP contribution in [0.15, 0.2) is 12.3 Å². The lowest BCUT2D eigenvalue weighted by Crippen LogP contribution is -2.17. The van der Waals surface area contributed by atoms with Gasteiger partial charge in [-0.1, -0.05) is 6.08 Å². The molecule has 0 aliphatic carbocycles. The number of likely N-dealkylation sites (tertiary alicyclic amines) is 1. The quantitative estimate of drug-likeness (QED) is 0.669. The van der Waals surface area contributed by atoms with E-state index < -0.39 is 0 Å². The number of carbonyl (C=O) groups is 1. The zero-order chi connectivity index (χ0) is 8.97. The molecule has 0 spiro atoms. The van der Waals surface area contributed by atoms with Crippen molar-refractivity contribution in [1.29, 1.82) is 0 Å². The summed E-state index contributed by atoms with van der Waals surface area (Å²) in [5.41, 5.74) is 0. The molecule has 0 saturated carbocycles. The van der Waals surface area contributed by atoms with Crippen LogP contribution in [-0.4, -0.2) is 28.9 Å². The summed E-state index contributed by atoms with van der Waals surface area (Å²) in [6.07, 6.45) is 7.81. The van der Waals surface area contributed by atoms with Gasteiger partial charge in [0.25, 0.3) is 0 Å². The van der Waals surface area contributed by atoms with Crippen LogP contribution in [0.4, 0.5) is 0 Å². The minimum absolute atomic E-state index is 0.263. The number of thioether (sulfide) groups is 1. The summed E-state index contributed by atoms with van der Waals surface area (Å²) in [6.45, 7) is 3.03. The maximum atomic E-state index is 11.1. The third-order valence-electron chi connectivity index (χ3n) is 2.02. The second-order valence-electron chi connectivity index (χ2n) is 2.97. The average molecular weight is 185 g/mol. The van der Waals surface area contributed by atoms with Crippen molar-refractivity contribution < 1.29 is 4.79 Å². The first-order valence-electron chi connectivity index (χ1n) is 4.24. The zero-order valence-corrected chi connectivity index (χ0v) is 8.43. The lowest BCUT2D eigenvalue weighted by molar-refractivity contribution is -0.125. The van der Waals surface area contributed by atoms with Crippen molar-refractivity contribution in [2.75, 3.05) is 12.8 Å². The van der Waals surface area contributed by atoms with Gasteiger partial charge in [-0.05, 0) is 19.6 Å². The van der Waals surface area contributed by atoms with Crippen LogP contribution in [0.3, 0.4) is 0 Å². The second kappa shape index (κ2) is 4.55. The van der Waals surface area contributed by atoms with Gasteiger partial charge in [0.15, 0.2) is 0 Å².